The van der Waals surface area contributed by atoms with Gasteiger partial charge in [-0.1, -0.05) is 28.1 Å². The van der Waals surface area contributed by atoms with Gasteiger partial charge in [0, 0.05) is 16.9 Å². The zero-order chi connectivity index (χ0) is 8.97. The topological polar surface area (TPSA) is 26.3 Å². The van der Waals surface area contributed by atoms with Crippen molar-refractivity contribution < 1.29 is 9.53 Å². The van der Waals surface area contributed by atoms with Gasteiger partial charge in [-0.2, -0.15) is 0 Å². The minimum Gasteiger partial charge on any atom is -0.414 e. The molecule has 0 aromatic heterocycles. The number of carbonyl (C=O) groups is 1. The zero-order valence-electron chi connectivity index (χ0n) is 6.09. The van der Waals surface area contributed by atoms with Gasteiger partial charge >= 0.3 is 5.43 Å². The Hall–Kier alpha value is -0.540. The van der Waals surface area contributed by atoms with Crippen LogP contribution in [0.2, 0.25) is 0 Å². The van der Waals surface area contributed by atoms with E-state index < -0.39 is 5.43 Å². The molecule has 1 aromatic carbocycles. The second kappa shape index (κ2) is 4.48. The molecule has 0 unspecified atom stereocenters. The van der Waals surface area contributed by atoms with Gasteiger partial charge in [0.15, 0.2) is 0 Å². The predicted molar refractivity (Wildman–Crippen MR) is 51.0 cm³/mol. The van der Waals surface area contributed by atoms with Crippen LogP contribution in [0, 0.1) is 0 Å². The normalized spacial score (nSPS) is 9.50. The lowest BCUT2D eigenvalue weighted by Crippen LogP contribution is -1.95. The maximum atomic E-state index is 10.3. The largest absolute Gasteiger partial charge is 0.414 e. The number of hydrogen-bond donors (Lipinski definition) is 0. The van der Waals surface area contributed by atoms with Gasteiger partial charge in [-0.3, -0.25) is 0 Å². The molecule has 0 radical (unpaired) electrons. The van der Waals surface area contributed by atoms with E-state index in [9.17, 15) is 4.79 Å². The fourth-order valence-electron chi connectivity index (χ4n) is 0.785. The fraction of sp³-hybridized carbons (Fsp3) is 0.125. The van der Waals surface area contributed by atoms with Gasteiger partial charge in [-0.15, -0.1) is 0 Å². The first-order chi connectivity index (χ1) is 5.72. The van der Waals surface area contributed by atoms with E-state index in [1.54, 1.807) is 18.2 Å². The number of hydrogen-bond acceptors (Lipinski definition) is 2. The Bertz CT molecular complexity index is 288. The molecule has 1 aromatic rings. The van der Waals surface area contributed by atoms with E-state index in [1.807, 2.05) is 6.07 Å². The third kappa shape index (κ3) is 2.83. The molecule has 0 saturated carbocycles. The molecule has 0 amide bonds. The van der Waals surface area contributed by atoms with Gasteiger partial charge in [0.2, 0.25) is 0 Å². The van der Waals surface area contributed by atoms with E-state index in [0.29, 0.717) is 5.75 Å². The lowest BCUT2D eigenvalue weighted by Gasteiger charge is -2.00. The van der Waals surface area contributed by atoms with Crippen LogP contribution in [-0.2, 0) is 5.33 Å². The first kappa shape index (κ1) is 9.55. The molecule has 12 heavy (non-hydrogen) atoms. The highest BCUT2D eigenvalue weighted by atomic mass is 79.9. The van der Waals surface area contributed by atoms with Crippen LogP contribution in [-0.4, -0.2) is 5.43 Å². The standard InChI is InChI=1S/C8H6BrClO2/c9-5-6-2-1-3-7(4-6)12-8(10)11/h1-4H,5H2. The second-order valence-corrected chi connectivity index (χ2v) is 2.99. The summed E-state index contributed by atoms with van der Waals surface area (Å²) in [5.41, 5.74) is 0.215. The van der Waals surface area contributed by atoms with Crippen LogP contribution in [0.15, 0.2) is 24.3 Å². The van der Waals surface area contributed by atoms with Crippen molar-refractivity contribution in [1.82, 2.24) is 0 Å². The summed E-state index contributed by atoms with van der Waals surface area (Å²) in [4.78, 5) is 10.3. The lowest BCUT2D eigenvalue weighted by molar-refractivity contribution is 0.225. The monoisotopic (exact) mass is 248 g/mol. The van der Waals surface area contributed by atoms with E-state index >= 15 is 0 Å². The first-order valence-corrected chi connectivity index (χ1v) is 4.74. The number of benzene rings is 1. The van der Waals surface area contributed by atoms with E-state index in [2.05, 4.69) is 20.7 Å². The third-order valence-electron chi connectivity index (χ3n) is 1.25. The maximum absolute atomic E-state index is 10.3. The summed E-state index contributed by atoms with van der Waals surface area (Å²) in [6.45, 7) is 0. The average molecular weight is 249 g/mol. The first-order valence-electron chi connectivity index (χ1n) is 3.24. The SMILES string of the molecule is O=C(Cl)Oc1cccc(CBr)c1. The van der Waals surface area contributed by atoms with E-state index in [0.717, 1.165) is 10.9 Å². The Morgan fingerprint density at radius 1 is 1.58 bits per heavy atom. The van der Waals surface area contributed by atoms with Crippen molar-refractivity contribution in [3.05, 3.63) is 29.8 Å². The Morgan fingerprint density at radius 3 is 2.92 bits per heavy atom. The Morgan fingerprint density at radius 2 is 2.33 bits per heavy atom. The van der Waals surface area contributed by atoms with Crippen LogP contribution in [0.4, 0.5) is 4.79 Å². The highest BCUT2D eigenvalue weighted by molar-refractivity contribution is 9.08. The molecule has 1 rings (SSSR count). The maximum Gasteiger partial charge on any atom is 0.409 e. The van der Waals surface area contributed by atoms with Crippen LogP contribution in [0.3, 0.4) is 0 Å². The van der Waals surface area contributed by atoms with Crippen molar-refractivity contribution >= 4 is 33.0 Å². The molecule has 0 saturated heterocycles. The van der Waals surface area contributed by atoms with E-state index in [-0.39, 0.29) is 0 Å². The Labute approximate surface area is 83.6 Å². The molecule has 4 heteroatoms. The summed E-state index contributed by atoms with van der Waals surface area (Å²) in [6, 6.07) is 7.13. The van der Waals surface area contributed by atoms with Crippen LogP contribution < -0.4 is 4.74 Å². The average Bonchev–Trinajstić information content (AvgIpc) is 2.03. The van der Waals surface area contributed by atoms with Gasteiger partial charge in [0.25, 0.3) is 0 Å². The van der Waals surface area contributed by atoms with Gasteiger partial charge in [0.1, 0.15) is 5.75 Å². The third-order valence-corrected chi connectivity index (χ3v) is 1.98. The van der Waals surface area contributed by atoms with Crippen molar-refractivity contribution in [2.24, 2.45) is 0 Å². The number of ether oxygens (including phenoxy) is 1. The van der Waals surface area contributed by atoms with Gasteiger partial charge in [0.05, 0.1) is 0 Å². The Balaban J connectivity index is 2.79. The van der Waals surface area contributed by atoms with Crippen molar-refractivity contribution in [2.45, 2.75) is 5.33 Å². The van der Waals surface area contributed by atoms with Crippen LogP contribution >= 0.6 is 27.5 Å². The smallest absolute Gasteiger partial charge is 0.409 e. The molecule has 64 valence electrons. The minimum absolute atomic E-state index is 0.465. The molecular weight excluding hydrogens is 243 g/mol. The van der Waals surface area contributed by atoms with Crippen LogP contribution in [0.1, 0.15) is 5.56 Å². The molecule has 0 bridgehead atoms. The fourth-order valence-corrected chi connectivity index (χ4v) is 1.22. The van der Waals surface area contributed by atoms with E-state index in [4.69, 9.17) is 11.6 Å². The molecule has 0 heterocycles. The van der Waals surface area contributed by atoms with E-state index in [1.165, 1.54) is 0 Å². The number of rotatable bonds is 2. The molecule has 0 N–H and O–H groups in total. The predicted octanol–water partition coefficient (Wildman–Crippen LogP) is 3.32. The summed E-state index contributed by atoms with van der Waals surface area (Å²) >= 11 is 8.32. The quantitative estimate of drug-likeness (QED) is 0.594. The molecule has 2 nitrogen and oxygen atoms in total. The second-order valence-electron chi connectivity index (χ2n) is 2.12. The van der Waals surface area contributed by atoms with Crippen molar-refractivity contribution in [3.63, 3.8) is 0 Å². The van der Waals surface area contributed by atoms with Gasteiger partial charge in [-0.25, -0.2) is 4.79 Å². The molecule has 0 aliphatic rings. The van der Waals surface area contributed by atoms with Crippen LogP contribution in [0.25, 0.3) is 0 Å². The van der Waals surface area contributed by atoms with Gasteiger partial charge < -0.3 is 4.74 Å². The molecule has 0 spiro atoms. The molecular formula is C8H6BrClO2. The van der Waals surface area contributed by atoms with Crippen molar-refractivity contribution in [2.75, 3.05) is 0 Å². The summed E-state index contributed by atoms with van der Waals surface area (Å²) in [7, 11) is 0. The summed E-state index contributed by atoms with van der Waals surface area (Å²) in [6.07, 6.45) is 0. The zero-order valence-corrected chi connectivity index (χ0v) is 8.43. The van der Waals surface area contributed by atoms with Crippen molar-refractivity contribution in [3.8, 4) is 5.75 Å². The highest BCUT2D eigenvalue weighted by Crippen LogP contribution is 2.16. The van der Waals surface area contributed by atoms with Gasteiger partial charge in [-0.05, 0) is 17.7 Å². The summed E-state index contributed by atoms with van der Waals surface area (Å²) < 4.78 is 4.66. The number of carbonyl (C=O) groups excluding carboxylic acids is 1. The molecule has 0 aliphatic heterocycles. The van der Waals surface area contributed by atoms with Crippen molar-refractivity contribution in [1.29, 1.82) is 0 Å². The van der Waals surface area contributed by atoms with Crippen LogP contribution in [0.5, 0.6) is 5.75 Å². The number of halogens is 2. The molecule has 0 aliphatic carbocycles. The lowest BCUT2D eigenvalue weighted by atomic mass is 10.2. The summed E-state index contributed by atoms with van der Waals surface area (Å²) in [5.74, 6) is 0.465. The number of alkyl halides is 1. The minimum atomic E-state index is -0.818. The molecule has 0 atom stereocenters. The summed E-state index contributed by atoms with van der Waals surface area (Å²) in [5, 5.41) is 0.723. The Kier molecular flexibility index (Phi) is 3.56. The highest BCUT2D eigenvalue weighted by Gasteiger charge is 1.99. The molecule has 0 fully saturated rings.